The third kappa shape index (κ3) is 1.11. The van der Waals surface area contributed by atoms with Crippen LogP contribution in [0.4, 0.5) is 5.82 Å². The fourth-order valence-electron chi connectivity index (χ4n) is 1.38. The minimum Gasteiger partial charge on any atom is -0.370 e. The minimum absolute atomic E-state index is 1.04. The predicted octanol–water partition coefficient (Wildman–Crippen LogP) is 1.96. The average molecular weight is 260 g/mol. The summed E-state index contributed by atoms with van der Waals surface area (Å²) in [5.41, 5.74) is 2.79. The maximum atomic E-state index is 4.30. The molecule has 3 heteroatoms. The molecule has 1 N–H and O–H groups in total. The first-order valence-corrected chi connectivity index (χ1v) is 4.75. The molecule has 1 aromatic rings. The van der Waals surface area contributed by atoms with Gasteiger partial charge in [0.05, 0.1) is 0 Å². The molecule has 58 valence electrons. The number of fused-ring (bicyclic) bond motifs is 1. The van der Waals surface area contributed by atoms with Crippen molar-refractivity contribution in [2.24, 2.45) is 0 Å². The van der Waals surface area contributed by atoms with Crippen LogP contribution in [0.25, 0.3) is 0 Å². The van der Waals surface area contributed by atoms with Gasteiger partial charge < -0.3 is 5.32 Å². The Hall–Kier alpha value is -0.320. The molecule has 0 bridgehead atoms. The van der Waals surface area contributed by atoms with Crippen molar-refractivity contribution in [1.82, 2.24) is 4.98 Å². The molecule has 0 fully saturated rings. The largest absolute Gasteiger partial charge is 0.370 e. The first-order chi connectivity index (χ1) is 5.29. The molecule has 1 aromatic heterocycles. The van der Waals surface area contributed by atoms with Crippen molar-refractivity contribution in [2.75, 3.05) is 11.9 Å². The van der Waals surface area contributed by atoms with Crippen molar-refractivity contribution >= 4 is 28.4 Å². The van der Waals surface area contributed by atoms with Gasteiger partial charge in [0.25, 0.3) is 0 Å². The van der Waals surface area contributed by atoms with Crippen molar-refractivity contribution < 1.29 is 0 Å². The first kappa shape index (κ1) is 7.34. The van der Waals surface area contributed by atoms with E-state index in [1.54, 1.807) is 0 Å². The van der Waals surface area contributed by atoms with E-state index in [1.165, 1.54) is 14.7 Å². The van der Waals surface area contributed by atoms with Crippen LogP contribution in [-0.4, -0.2) is 11.5 Å². The number of anilines is 1. The summed E-state index contributed by atoms with van der Waals surface area (Å²) >= 11 is 2.33. The van der Waals surface area contributed by atoms with Crippen molar-refractivity contribution in [1.29, 1.82) is 0 Å². The Kier molecular flexibility index (Phi) is 1.75. The van der Waals surface area contributed by atoms with E-state index in [2.05, 4.69) is 39.8 Å². The van der Waals surface area contributed by atoms with Crippen molar-refractivity contribution in [2.45, 2.75) is 13.3 Å². The van der Waals surface area contributed by atoms with Crippen molar-refractivity contribution in [3.63, 3.8) is 0 Å². The molecule has 11 heavy (non-hydrogen) atoms. The second-order valence-corrected chi connectivity index (χ2v) is 3.90. The molecule has 0 radical (unpaired) electrons. The number of hydrogen-bond donors (Lipinski definition) is 1. The van der Waals surface area contributed by atoms with E-state index in [4.69, 9.17) is 0 Å². The fourth-order valence-corrected chi connectivity index (χ4v) is 1.85. The van der Waals surface area contributed by atoms with Gasteiger partial charge in [-0.05, 0) is 41.5 Å². The van der Waals surface area contributed by atoms with E-state index >= 15 is 0 Å². The molecule has 0 spiro atoms. The molecule has 2 rings (SSSR count). The zero-order valence-corrected chi connectivity index (χ0v) is 8.47. The Bertz CT molecular complexity index is 296. The van der Waals surface area contributed by atoms with Crippen LogP contribution in [0.5, 0.6) is 0 Å². The van der Waals surface area contributed by atoms with E-state index in [0.29, 0.717) is 0 Å². The first-order valence-electron chi connectivity index (χ1n) is 3.67. The molecule has 1 aliphatic rings. The smallest absolute Gasteiger partial charge is 0.129 e. The quantitative estimate of drug-likeness (QED) is 0.721. The lowest BCUT2D eigenvalue weighted by Crippen LogP contribution is -1.93. The SMILES string of the molecule is Cc1c(I)cnc2c1CCN2. The number of nitrogens with one attached hydrogen (secondary N) is 1. The second-order valence-electron chi connectivity index (χ2n) is 2.74. The topological polar surface area (TPSA) is 24.9 Å². The number of hydrogen-bond acceptors (Lipinski definition) is 2. The highest BCUT2D eigenvalue weighted by atomic mass is 127. The highest BCUT2D eigenvalue weighted by Crippen LogP contribution is 2.25. The second kappa shape index (κ2) is 2.62. The molecule has 2 heterocycles. The molecule has 0 unspecified atom stereocenters. The van der Waals surface area contributed by atoms with Crippen LogP contribution in [0.3, 0.4) is 0 Å². The third-order valence-electron chi connectivity index (χ3n) is 2.07. The summed E-state index contributed by atoms with van der Waals surface area (Å²) in [6, 6.07) is 0. The lowest BCUT2D eigenvalue weighted by Gasteiger charge is -2.03. The van der Waals surface area contributed by atoms with Crippen LogP contribution < -0.4 is 5.32 Å². The van der Waals surface area contributed by atoms with Crippen LogP contribution >= 0.6 is 22.6 Å². The summed E-state index contributed by atoms with van der Waals surface area (Å²) in [7, 11) is 0. The van der Waals surface area contributed by atoms with Gasteiger partial charge >= 0.3 is 0 Å². The standard InChI is InChI=1S/C8H9IN2/c1-5-6-2-3-10-8(6)11-4-7(5)9/h4H,2-3H2,1H3,(H,10,11). The van der Waals surface area contributed by atoms with Gasteiger partial charge in [-0.25, -0.2) is 4.98 Å². The zero-order chi connectivity index (χ0) is 7.84. The predicted molar refractivity (Wildman–Crippen MR) is 53.9 cm³/mol. The molecule has 0 saturated carbocycles. The van der Waals surface area contributed by atoms with Crippen LogP contribution in [0.1, 0.15) is 11.1 Å². The third-order valence-corrected chi connectivity index (χ3v) is 3.16. The van der Waals surface area contributed by atoms with Crippen LogP contribution in [0.15, 0.2) is 6.20 Å². The molecule has 0 aliphatic carbocycles. The summed E-state index contributed by atoms with van der Waals surface area (Å²) in [4.78, 5) is 4.30. The Morgan fingerprint density at radius 2 is 2.45 bits per heavy atom. The van der Waals surface area contributed by atoms with Crippen LogP contribution in [0.2, 0.25) is 0 Å². The van der Waals surface area contributed by atoms with Crippen LogP contribution in [-0.2, 0) is 6.42 Å². The fraction of sp³-hybridized carbons (Fsp3) is 0.375. The molecule has 0 atom stereocenters. The van der Waals surface area contributed by atoms with Crippen molar-refractivity contribution in [3.05, 3.63) is 20.9 Å². The van der Waals surface area contributed by atoms with Gasteiger partial charge in [-0.1, -0.05) is 0 Å². The monoisotopic (exact) mass is 260 g/mol. The van der Waals surface area contributed by atoms with Gasteiger partial charge in [0.2, 0.25) is 0 Å². The maximum Gasteiger partial charge on any atom is 0.129 e. The zero-order valence-electron chi connectivity index (χ0n) is 6.32. The highest BCUT2D eigenvalue weighted by molar-refractivity contribution is 14.1. The summed E-state index contributed by atoms with van der Waals surface area (Å²) in [6.07, 6.45) is 3.05. The Morgan fingerprint density at radius 3 is 3.27 bits per heavy atom. The lowest BCUT2D eigenvalue weighted by molar-refractivity contribution is 1.09. The molecular weight excluding hydrogens is 251 g/mol. The van der Waals surface area contributed by atoms with E-state index in [9.17, 15) is 0 Å². The number of pyridine rings is 1. The molecule has 1 aliphatic heterocycles. The maximum absolute atomic E-state index is 4.30. The summed E-state index contributed by atoms with van der Waals surface area (Å²) in [6.45, 7) is 3.21. The molecule has 2 nitrogen and oxygen atoms in total. The normalized spacial score (nSPS) is 14.4. The van der Waals surface area contributed by atoms with Crippen molar-refractivity contribution in [3.8, 4) is 0 Å². The van der Waals surface area contributed by atoms with Gasteiger partial charge in [0.1, 0.15) is 5.82 Å². The van der Waals surface area contributed by atoms with Gasteiger partial charge in [-0.15, -0.1) is 0 Å². The Balaban J connectivity index is 2.62. The summed E-state index contributed by atoms with van der Waals surface area (Å²) in [5, 5.41) is 3.25. The minimum atomic E-state index is 1.04. The number of nitrogens with zero attached hydrogens (tertiary/aromatic N) is 1. The molecular formula is C8H9IN2. The highest BCUT2D eigenvalue weighted by Gasteiger charge is 2.14. The average Bonchev–Trinajstić information content (AvgIpc) is 2.45. The van der Waals surface area contributed by atoms with E-state index in [-0.39, 0.29) is 0 Å². The molecule has 0 aromatic carbocycles. The van der Waals surface area contributed by atoms with Crippen LogP contribution in [0, 0.1) is 10.5 Å². The molecule has 0 amide bonds. The van der Waals surface area contributed by atoms with Gasteiger partial charge in [0.15, 0.2) is 0 Å². The number of halogens is 1. The van der Waals surface area contributed by atoms with E-state index < -0.39 is 0 Å². The van der Waals surface area contributed by atoms with E-state index in [0.717, 1.165) is 18.8 Å². The number of rotatable bonds is 0. The van der Waals surface area contributed by atoms with Gasteiger partial charge in [-0.2, -0.15) is 0 Å². The Labute approximate surface area is 79.6 Å². The van der Waals surface area contributed by atoms with E-state index in [1.807, 2.05) is 6.20 Å². The summed E-state index contributed by atoms with van der Waals surface area (Å²) in [5.74, 6) is 1.09. The molecule has 0 saturated heterocycles. The van der Waals surface area contributed by atoms with Gasteiger partial charge in [0, 0.05) is 21.9 Å². The number of aromatic nitrogens is 1. The lowest BCUT2D eigenvalue weighted by atomic mass is 10.1. The Morgan fingerprint density at radius 1 is 1.64 bits per heavy atom. The summed E-state index contributed by atoms with van der Waals surface area (Å²) < 4.78 is 1.27. The van der Waals surface area contributed by atoms with Gasteiger partial charge in [-0.3, -0.25) is 0 Å².